The first-order valence-corrected chi connectivity index (χ1v) is 9.83. The van der Waals surface area contributed by atoms with Crippen molar-refractivity contribution in [1.82, 2.24) is 29.8 Å². The Morgan fingerprint density at radius 1 is 1.24 bits per heavy atom. The van der Waals surface area contributed by atoms with Gasteiger partial charge in [-0.25, -0.2) is 9.50 Å². The largest absolute Gasteiger partial charge is 0.368 e. The fourth-order valence-corrected chi connectivity index (χ4v) is 3.60. The molecule has 4 rings (SSSR count). The molecule has 0 aromatic carbocycles. The van der Waals surface area contributed by atoms with E-state index in [9.17, 15) is 9.59 Å². The van der Waals surface area contributed by atoms with Crippen LogP contribution in [0, 0.1) is 0 Å². The maximum atomic E-state index is 12.0. The molecule has 0 unspecified atom stereocenters. The second kappa shape index (κ2) is 8.04. The number of aromatic nitrogens is 4. The fraction of sp³-hybridized carbons (Fsp3) is 0.400. The lowest BCUT2D eigenvalue weighted by atomic mass is 10.2. The van der Waals surface area contributed by atoms with Crippen LogP contribution in [-0.4, -0.2) is 63.6 Å². The van der Waals surface area contributed by atoms with Gasteiger partial charge in [0.15, 0.2) is 0 Å². The SMILES string of the molecule is CCc1cn2nc(CN3CCN(c4ccc(C(=O)NC)nc4)CC3)cc2[nH]c1=O. The number of anilines is 1. The molecular formula is C20H25N7O2. The van der Waals surface area contributed by atoms with Gasteiger partial charge in [0.05, 0.1) is 17.6 Å². The third-order valence-corrected chi connectivity index (χ3v) is 5.31. The minimum absolute atomic E-state index is 0.0453. The van der Waals surface area contributed by atoms with Crippen molar-refractivity contribution in [2.45, 2.75) is 19.9 Å². The third-order valence-electron chi connectivity index (χ3n) is 5.31. The number of amides is 1. The highest BCUT2D eigenvalue weighted by Gasteiger charge is 2.19. The highest BCUT2D eigenvalue weighted by molar-refractivity contribution is 5.92. The summed E-state index contributed by atoms with van der Waals surface area (Å²) in [7, 11) is 1.60. The van der Waals surface area contributed by atoms with Gasteiger partial charge in [0.2, 0.25) is 0 Å². The van der Waals surface area contributed by atoms with Gasteiger partial charge in [-0.1, -0.05) is 6.92 Å². The molecule has 1 saturated heterocycles. The number of carbonyl (C=O) groups excluding carboxylic acids is 1. The summed E-state index contributed by atoms with van der Waals surface area (Å²) in [6.45, 7) is 6.27. The molecule has 9 nitrogen and oxygen atoms in total. The molecular weight excluding hydrogens is 370 g/mol. The number of hydrogen-bond donors (Lipinski definition) is 2. The Balaban J connectivity index is 1.38. The van der Waals surface area contributed by atoms with E-state index in [1.54, 1.807) is 23.8 Å². The molecule has 1 amide bonds. The van der Waals surface area contributed by atoms with Gasteiger partial charge in [0, 0.05) is 57.6 Å². The molecule has 0 spiro atoms. The average Bonchev–Trinajstić information content (AvgIpc) is 3.14. The molecule has 0 saturated carbocycles. The van der Waals surface area contributed by atoms with E-state index in [4.69, 9.17) is 0 Å². The predicted molar refractivity (Wildman–Crippen MR) is 110 cm³/mol. The van der Waals surface area contributed by atoms with Crippen LogP contribution in [0.15, 0.2) is 35.4 Å². The molecule has 2 N–H and O–H groups in total. The summed E-state index contributed by atoms with van der Waals surface area (Å²) in [6.07, 6.45) is 4.25. The van der Waals surface area contributed by atoms with Gasteiger partial charge in [-0.15, -0.1) is 0 Å². The Morgan fingerprint density at radius 2 is 2.03 bits per heavy atom. The number of carbonyl (C=O) groups is 1. The van der Waals surface area contributed by atoms with E-state index in [-0.39, 0.29) is 11.5 Å². The van der Waals surface area contributed by atoms with Crippen LogP contribution in [-0.2, 0) is 13.0 Å². The third kappa shape index (κ3) is 4.00. The van der Waals surface area contributed by atoms with Gasteiger partial charge in [0.1, 0.15) is 11.3 Å². The summed E-state index contributed by atoms with van der Waals surface area (Å²) in [4.78, 5) is 35.3. The van der Waals surface area contributed by atoms with E-state index >= 15 is 0 Å². The molecule has 0 aliphatic carbocycles. The van der Waals surface area contributed by atoms with Gasteiger partial charge in [0.25, 0.3) is 11.5 Å². The second-order valence-electron chi connectivity index (χ2n) is 7.17. The number of hydrogen-bond acceptors (Lipinski definition) is 6. The Hall–Kier alpha value is -3.20. The monoisotopic (exact) mass is 395 g/mol. The van der Waals surface area contributed by atoms with Crippen molar-refractivity contribution < 1.29 is 4.79 Å². The lowest BCUT2D eigenvalue weighted by Crippen LogP contribution is -2.46. The zero-order valence-corrected chi connectivity index (χ0v) is 16.7. The molecule has 29 heavy (non-hydrogen) atoms. The summed E-state index contributed by atoms with van der Waals surface area (Å²) in [5, 5.41) is 7.19. The van der Waals surface area contributed by atoms with Crippen molar-refractivity contribution in [2.75, 3.05) is 38.1 Å². The summed E-state index contributed by atoms with van der Waals surface area (Å²) in [5.74, 6) is -0.179. The fourth-order valence-electron chi connectivity index (χ4n) is 3.60. The summed E-state index contributed by atoms with van der Waals surface area (Å²) in [5.41, 5.74) is 3.80. The molecule has 3 aromatic heterocycles. The topological polar surface area (TPSA) is 98.6 Å². The van der Waals surface area contributed by atoms with E-state index in [1.807, 2.05) is 25.3 Å². The smallest absolute Gasteiger partial charge is 0.269 e. The lowest BCUT2D eigenvalue weighted by molar-refractivity contribution is 0.0958. The Labute approximate surface area is 168 Å². The molecule has 0 bridgehead atoms. The zero-order chi connectivity index (χ0) is 20.4. The number of H-pyrrole nitrogens is 1. The summed E-state index contributed by atoms with van der Waals surface area (Å²) < 4.78 is 1.76. The molecule has 9 heteroatoms. The van der Waals surface area contributed by atoms with Gasteiger partial charge in [-0.05, 0) is 18.6 Å². The van der Waals surface area contributed by atoms with E-state index in [0.717, 1.165) is 55.3 Å². The van der Waals surface area contributed by atoms with Crippen LogP contribution < -0.4 is 15.8 Å². The summed E-state index contributed by atoms with van der Waals surface area (Å²) >= 11 is 0. The second-order valence-corrected chi connectivity index (χ2v) is 7.17. The van der Waals surface area contributed by atoms with Crippen LogP contribution >= 0.6 is 0 Å². The maximum absolute atomic E-state index is 12.0. The average molecular weight is 395 g/mol. The molecule has 4 heterocycles. The van der Waals surface area contributed by atoms with Gasteiger partial charge in [-0.3, -0.25) is 14.5 Å². The molecule has 3 aromatic rings. The number of aromatic amines is 1. The molecule has 152 valence electrons. The predicted octanol–water partition coefficient (Wildman–Crippen LogP) is 0.662. The van der Waals surface area contributed by atoms with E-state index in [2.05, 4.69) is 30.2 Å². The van der Waals surface area contributed by atoms with E-state index in [1.165, 1.54) is 0 Å². The van der Waals surface area contributed by atoms with Gasteiger partial charge < -0.3 is 15.2 Å². The lowest BCUT2D eigenvalue weighted by Gasteiger charge is -2.35. The standard InChI is InChI=1S/C20H25N7O2/c1-3-14-12-27-18(23-19(14)28)10-15(24-27)13-25-6-8-26(9-7-25)16-4-5-17(22-11-16)20(29)21-2/h4-5,10-12H,3,6-9,13H2,1-2H3,(H,21,29)(H,23,28). The van der Waals surface area contributed by atoms with Crippen molar-refractivity contribution in [2.24, 2.45) is 0 Å². The Morgan fingerprint density at radius 3 is 2.69 bits per heavy atom. The number of nitrogens with zero attached hydrogens (tertiary/aromatic N) is 5. The van der Waals surface area contributed by atoms with Crippen LogP contribution in [0.3, 0.4) is 0 Å². The van der Waals surface area contributed by atoms with Crippen LogP contribution in [0.25, 0.3) is 5.65 Å². The van der Waals surface area contributed by atoms with Gasteiger partial charge in [-0.2, -0.15) is 5.10 Å². The minimum Gasteiger partial charge on any atom is -0.368 e. The number of rotatable bonds is 5. The van der Waals surface area contributed by atoms with Crippen LogP contribution in [0.2, 0.25) is 0 Å². The molecule has 1 fully saturated rings. The molecule has 1 aliphatic heterocycles. The minimum atomic E-state index is -0.179. The van der Waals surface area contributed by atoms with Crippen LogP contribution in [0.4, 0.5) is 5.69 Å². The van der Waals surface area contributed by atoms with Crippen LogP contribution in [0.1, 0.15) is 28.7 Å². The van der Waals surface area contributed by atoms with Crippen molar-refractivity contribution >= 4 is 17.2 Å². The number of nitrogens with one attached hydrogen (secondary N) is 2. The van der Waals surface area contributed by atoms with Crippen molar-refractivity contribution in [3.05, 3.63) is 57.9 Å². The van der Waals surface area contributed by atoms with Gasteiger partial charge >= 0.3 is 0 Å². The van der Waals surface area contributed by atoms with E-state index in [0.29, 0.717) is 12.1 Å². The summed E-state index contributed by atoms with van der Waals surface area (Å²) in [6, 6.07) is 5.63. The Kier molecular flexibility index (Phi) is 5.30. The number of pyridine rings is 1. The highest BCUT2D eigenvalue weighted by Crippen LogP contribution is 2.17. The van der Waals surface area contributed by atoms with Crippen molar-refractivity contribution in [1.29, 1.82) is 0 Å². The number of fused-ring (bicyclic) bond motifs is 1. The quantitative estimate of drug-likeness (QED) is 0.659. The van der Waals surface area contributed by atoms with E-state index < -0.39 is 0 Å². The first-order valence-electron chi connectivity index (χ1n) is 9.83. The molecule has 0 radical (unpaired) electrons. The first-order chi connectivity index (χ1) is 14.1. The molecule has 0 atom stereocenters. The molecule has 1 aliphatic rings. The van der Waals surface area contributed by atoms with Crippen LogP contribution in [0.5, 0.6) is 0 Å². The number of piperazine rings is 1. The highest BCUT2D eigenvalue weighted by atomic mass is 16.1. The first kappa shape index (κ1) is 19.1. The van der Waals surface area contributed by atoms with Crippen molar-refractivity contribution in [3.8, 4) is 0 Å². The normalized spacial score (nSPS) is 15.0. The van der Waals surface area contributed by atoms with Crippen molar-refractivity contribution in [3.63, 3.8) is 0 Å². The Bertz CT molecular complexity index is 1060. The number of aryl methyl sites for hydroxylation is 1. The maximum Gasteiger partial charge on any atom is 0.269 e. The zero-order valence-electron chi connectivity index (χ0n) is 16.7.